The van der Waals surface area contributed by atoms with Gasteiger partial charge in [-0.15, -0.1) is 10.2 Å². The molecule has 0 bridgehead atoms. The van der Waals surface area contributed by atoms with Crippen molar-refractivity contribution in [3.8, 4) is 0 Å². The molecule has 2 aliphatic heterocycles. The molecule has 7 nitrogen and oxygen atoms in total. The minimum absolute atomic E-state index is 0.224. The van der Waals surface area contributed by atoms with Crippen LogP contribution < -0.4 is 4.90 Å². The third kappa shape index (κ3) is 2.64. The van der Waals surface area contributed by atoms with Crippen molar-refractivity contribution >= 4 is 17.2 Å². The lowest BCUT2D eigenvalue weighted by atomic mass is 9.73. The molecule has 26 heavy (non-hydrogen) atoms. The molecule has 2 aromatic rings. The maximum absolute atomic E-state index is 12.4. The fourth-order valence-corrected chi connectivity index (χ4v) is 4.78. The molecule has 5 rings (SSSR count). The standard InChI is InChI=1S/C19H26N6O/c1-2-14-10-16(18-21-20-13-25(18)22-14)23-9-3-7-19(11-23)8-6-17(26)24(12-19)15-4-5-15/h10,13,15H,2-9,11-12H2,1H3. The van der Waals surface area contributed by atoms with Crippen LogP contribution in [0.2, 0.25) is 0 Å². The Morgan fingerprint density at radius 1 is 1.27 bits per heavy atom. The predicted molar refractivity (Wildman–Crippen MR) is 98.0 cm³/mol. The number of fused-ring (bicyclic) bond motifs is 1. The van der Waals surface area contributed by atoms with Gasteiger partial charge in [0.05, 0.1) is 11.4 Å². The number of anilines is 1. The number of piperidine rings is 2. The lowest BCUT2D eigenvalue weighted by Gasteiger charge is -2.49. The second-order valence-corrected chi connectivity index (χ2v) is 8.25. The van der Waals surface area contributed by atoms with Gasteiger partial charge < -0.3 is 9.80 Å². The van der Waals surface area contributed by atoms with Gasteiger partial charge in [-0.3, -0.25) is 4.79 Å². The van der Waals surface area contributed by atoms with Crippen molar-refractivity contribution < 1.29 is 4.79 Å². The third-order valence-electron chi connectivity index (χ3n) is 6.35. The minimum atomic E-state index is 0.224. The molecule has 4 heterocycles. The monoisotopic (exact) mass is 354 g/mol. The average Bonchev–Trinajstić information content (AvgIpc) is 3.40. The second-order valence-electron chi connectivity index (χ2n) is 8.25. The normalized spacial score (nSPS) is 26.9. The number of nitrogens with zero attached hydrogens (tertiary/aromatic N) is 6. The first-order chi connectivity index (χ1) is 12.7. The fourth-order valence-electron chi connectivity index (χ4n) is 4.78. The molecule has 138 valence electrons. The van der Waals surface area contributed by atoms with Crippen LogP contribution in [0.15, 0.2) is 12.4 Å². The molecule has 0 radical (unpaired) electrons. The van der Waals surface area contributed by atoms with Crippen LogP contribution in [0.4, 0.5) is 5.69 Å². The van der Waals surface area contributed by atoms with Gasteiger partial charge in [0.15, 0.2) is 0 Å². The molecule has 7 heteroatoms. The Morgan fingerprint density at radius 2 is 2.15 bits per heavy atom. The van der Waals surface area contributed by atoms with Crippen LogP contribution in [0.5, 0.6) is 0 Å². The van der Waals surface area contributed by atoms with E-state index >= 15 is 0 Å². The van der Waals surface area contributed by atoms with E-state index < -0.39 is 0 Å². The molecule has 2 aromatic heterocycles. The van der Waals surface area contributed by atoms with Crippen molar-refractivity contribution in [2.45, 2.75) is 57.9 Å². The lowest BCUT2D eigenvalue weighted by molar-refractivity contribution is -0.138. The molecule has 3 aliphatic rings. The van der Waals surface area contributed by atoms with E-state index in [-0.39, 0.29) is 5.41 Å². The number of aromatic nitrogens is 4. The number of aryl methyl sites for hydroxylation is 1. The first-order valence-electron chi connectivity index (χ1n) is 9.92. The van der Waals surface area contributed by atoms with Gasteiger partial charge in [-0.05, 0) is 44.6 Å². The highest BCUT2D eigenvalue weighted by Gasteiger charge is 2.45. The maximum Gasteiger partial charge on any atom is 0.222 e. The molecule has 1 aliphatic carbocycles. The van der Waals surface area contributed by atoms with Crippen LogP contribution in [-0.2, 0) is 11.2 Å². The van der Waals surface area contributed by atoms with Crippen molar-refractivity contribution in [1.29, 1.82) is 0 Å². The molecule has 2 saturated heterocycles. The van der Waals surface area contributed by atoms with Gasteiger partial charge in [0.1, 0.15) is 6.33 Å². The van der Waals surface area contributed by atoms with Gasteiger partial charge in [0.2, 0.25) is 11.6 Å². The first kappa shape index (κ1) is 16.0. The largest absolute Gasteiger partial charge is 0.368 e. The van der Waals surface area contributed by atoms with E-state index in [0.717, 1.165) is 55.9 Å². The van der Waals surface area contributed by atoms with E-state index in [1.165, 1.54) is 19.3 Å². The van der Waals surface area contributed by atoms with Crippen molar-refractivity contribution in [1.82, 2.24) is 24.7 Å². The van der Waals surface area contributed by atoms with Crippen LogP contribution in [0.25, 0.3) is 5.65 Å². The quantitative estimate of drug-likeness (QED) is 0.844. The Hall–Kier alpha value is -2.18. The van der Waals surface area contributed by atoms with Crippen LogP contribution in [0.3, 0.4) is 0 Å². The summed E-state index contributed by atoms with van der Waals surface area (Å²) in [6, 6.07) is 2.70. The van der Waals surface area contributed by atoms with Gasteiger partial charge in [-0.1, -0.05) is 6.92 Å². The summed E-state index contributed by atoms with van der Waals surface area (Å²) in [5.74, 6) is 0.368. The molecule has 1 spiro atoms. The molecule has 3 fully saturated rings. The summed E-state index contributed by atoms with van der Waals surface area (Å²) in [5.41, 5.74) is 3.26. The number of carbonyl (C=O) groups is 1. The molecule has 1 amide bonds. The Balaban J connectivity index is 1.46. The van der Waals surface area contributed by atoms with Crippen molar-refractivity contribution in [2.75, 3.05) is 24.5 Å². The predicted octanol–water partition coefficient (Wildman–Crippen LogP) is 2.06. The van der Waals surface area contributed by atoms with E-state index in [9.17, 15) is 4.79 Å². The van der Waals surface area contributed by atoms with E-state index in [0.29, 0.717) is 18.4 Å². The average molecular weight is 354 g/mol. The Kier molecular flexibility index (Phi) is 3.65. The molecule has 1 saturated carbocycles. The smallest absolute Gasteiger partial charge is 0.222 e. The Labute approximate surface area is 153 Å². The van der Waals surface area contributed by atoms with Crippen LogP contribution >= 0.6 is 0 Å². The topological polar surface area (TPSA) is 66.6 Å². The SMILES string of the molecule is CCc1cc(N2CCCC3(CCC(=O)N(C4CC4)C3)C2)c2nncn2n1. The van der Waals surface area contributed by atoms with E-state index in [1.807, 2.05) is 0 Å². The zero-order valence-corrected chi connectivity index (χ0v) is 15.4. The van der Waals surface area contributed by atoms with Crippen LogP contribution in [0.1, 0.15) is 51.1 Å². The van der Waals surface area contributed by atoms with E-state index in [4.69, 9.17) is 0 Å². The van der Waals surface area contributed by atoms with Crippen molar-refractivity contribution in [2.24, 2.45) is 5.41 Å². The molecular formula is C19H26N6O. The van der Waals surface area contributed by atoms with Crippen molar-refractivity contribution in [3.63, 3.8) is 0 Å². The lowest BCUT2D eigenvalue weighted by Crippen LogP contribution is -2.54. The van der Waals surface area contributed by atoms with Gasteiger partial charge in [0, 0.05) is 37.5 Å². The third-order valence-corrected chi connectivity index (χ3v) is 6.35. The summed E-state index contributed by atoms with van der Waals surface area (Å²) >= 11 is 0. The van der Waals surface area contributed by atoms with E-state index in [1.54, 1.807) is 10.8 Å². The molecule has 0 N–H and O–H groups in total. The first-order valence-corrected chi connectivity index (χ1v) is 9.92. The molecular weight excluding hydrogens is 328 g/mol. The zero-order valence-electron chi connectivity index (χ0n) is 15.4. The Morgan fingerprint density at radius 3 is 2.96 bits per heavy atom. The Bertz CT molecular complexity index is 844. The summed E-state index contributed by atoms with van der Waals surface area (Å²) in [7, 11) is 0. The van der Waals surface area contributed by atoms with Gasteiger partial charge in [0.25, 0.3) is 0 Å². The maximum atomic E-state index is 12.4. The number of carbonyl (C=O) groups excluding carboxylic acids is 1. The number of hydrogen-bond donors (Lipinski definition) is 0. The molecule has 0 aromatic carbocycles. The van der Waals surface area contributed by atoms with Gasteiger partial charge >= 0.3 is 0 Å². The number of rotatable bonds is 3. The zero-order chi connectivity index (χ0) is 17.7. The van der Waals surface area contributed by atoms with Crippen LogP contribution in [-0.4, -0.2) is 56.3 Å². The molecule has 1 unspecified atom stereocenters. The second kappa shape index (κ2) is 5.93. The summed E-state index contributed by atoms with van der Waals surface area (Å²) < 4.78 is 1.80. The van der Waals surface area contributed by atoms with E-state index in [2.05, 4.69) is 38.1 Å². The number of hydrogen-bond acceptors (Lipinski definition) is 5. The van der Waals surface area contributed by atoms with Crippen molar-refractivity contribution in [3.05, 3.63) is 18.1 Å². The van der Waals surface area contributed by atoms with Gasteiger partial charge in [-0.2, -0.15) is 9.61 Å². The summed E-state index contributed by atoms with van der Waals surface area (Å²) in [4.78, 5) is 17.0. The highest BCUT2D eigenvalue weighted by molar-refractivity contribution is 5.78. The minimum Gasteiger partial charge on any atom is -0.368 e. The fraction of sp³-hybridized carbons (Fsp3) is 0.684. The molecule has 1 atom stereocenters. The van der Waals surface area contributed by atoms with Crippen LogP contribution in [0, 0.1) is 5.41 Å². The summed E-state index contributed by atoms with van der Waals surface area (Å²) in [5, 5.41) is 13.0. The summed E-state index contributed by atoms with van der Waals surface area (Å²) in [6.07, 6.45) is 9.06. The number of likely N-dealkylation sites (tertiary alicyclic amines) is 1. The van der Waals surface area contributed by atoms with Gasteiger partial charge in [-0.25, -0.2) is 0 Å². The summed E-state index contributed by atoms with van der Waals surface area (Å²) in [6.45, 7) is 5.09. The highest BCUT2D eigenvalue weighted by Crippen LogP contribution is 2.43. The highest BCUT2D eigenvalue weighted by atomic mass is 16.2. The number of amides is 1.